The number of carbonyl (C=O) groups excluding carboxylic acids is 2. The molecule has 1 aliphatic heterocycles. The van der Waals surface area contributed by atoms with E-state index < -0.39 is 18.0 Å². The highest BCUT2D eigenvalue weighted by atomic mass is 16.5. The first-order valence-electron chi connectivity index (χ1n) is 7.10. The predicted molar refractivity (Wildman–Crippen MR) is 81.3 cm³/mol. The van der Waals surface area contributed by atoms with Crippen molar-refractivity contribution < 1.29 is 19.4 Å². The standard InChI is InChI=1S/C16H20N2O4/c1-5-22-15(20)12-10(4)17-16(21)18-13(12)11-7-8(2)6-9(3)14(11)19/h6-7,13,19H,5H2,1-4H3,(H2,17,18,21). The minimum Gasteiger partial charge on any atom is -0.507 e. The topological polar surface area (TPSA) is 87.7 Å². The van der Waals surface area contributed by atoms with Gasteiger partial charge in [0.1, 0.15) is 5.75 Å². The van der Waals surface area contributed by atoms with E-state index in [2.05, 4.69) is 10.6 Å². The molecule has 118 valence electrons. The van der Waals surface area contributed by atoms with Gasteiger partial charge in [0.25, 0.3) is 0 Å². The fourth-order valence-corrected chi connectivity index (χ4v) is 2.62. The Morgan fingerprint density at radius 2 is 2.00 bits per heavy atom. The summed E-state index contributed by atoms with van der Waals surface area (Å²) in [4.78, 5) is 24.0. The van der Waals surface area contributed by atoms with Crippen molar-refractivity contribution in [2.45, 2.75) is 33.7 Å². The molecule has 1 aromatic rings. The Kier molecular flexibility index (Phi) is 4.40. The van der Waals surface area contributed by atoms with E-state index in [4.69, 9.17) is 4.74 Å². The number of benzene rings is 1. The van der Waals surface area contributed by atoms with Gasteiger partial charge in [-0.3, -0.25) is 0 Å². The molecule has 1 atom stereocenters. The minimum atomic E-state index is -0.744. The number of hydrogen-bond donors (Lipinski definition) is 3. The van der Waals surface area contributed by atoms with Crippen LogP contribution >= 0.6 is 0 Å². The molecule has 0 aliphatic carbocycles. The molecular weight excluding hydrogens is 284 g/mol. The van der Waals surface area contributed by atoms with Crippen molar-refractivity contribution in [2.24, 2.45) is 0 Å². The van der Waals surface area contributed by atoms with Crippen LogP contribution in [0.15, 0.2) is 23.4 Å². The number of aromatic hydroxyl groups is 1. The summed E-state index contributed by atoms with van der Waals surface area (Å²) in [6.07, 6.45) is 0. The van der Waals surface area contributed by atoms with Crippen LogP contribution < -0.4 is 10.6 Å². The highest BCUT2D eigenvalue weighted by molar-refractivity contribution is 5.95. The van der Waals surface area contributed by atoms with Crippen molar-refractivity contribution in [1.82, 2.24) is 10.6 Å². The molecule has 22 heavy (non-hydrogen) atoms. The number of amides is 2. The fourth-order valence-electron chi connectivity index (χ4n) is 2.62. The van der Waals surface area contributed by atoms with Gasteiger partial charge in [0.15, 0.2) is 0 Å². The number of carbonyl (C=O) groups is 2. The van der Waals surface area contributed by atoms with Crippen molar-refractivity contribution in [1.29, 1.82) is 0 Å². The summed E-state index contributed by atoms with van der Waals surface area (Å²) in [5.41, 5.74) is 2.81. The summed E-state index contributed by atoms with van der Waals surface area (Å²) in [5.74, 6) is -0.455. The number of aryl methyl sites for hydroxylation is 2. The normalized spacial score (nSPS) is 17.8. The average molecular weight is 304 g/mol. The fraction of sp³-hybridized carbons (Fsp3) is 0.375. The van der Waals surface area contributed by atoms with E-state index in [1.54, 1.807) is 26.8 Å². The Morgan fingerprint density at radius 1 is 1.32 bits per heavy atom. The lowest BCUT2D eigenvalue weighted by molar-refractivity contribution is -0.139. The van der Waals surface area contributed by atoms with Crippen LogP contribution in [-0.2, 0) is 9.53 Å². The lowest BCUT2D eigenvalue weighted by atomic mass is 9.92. The number of ether oxygens (including phenoxy) is 1. The third-order valence-electron chi connectivity index (χ3n) is 3.55. The van der Waals surface area contributed by atoms with E-state index in [0.717, 1.165) is 5.56 Å². The van der Waals surface area contributed by atoms with Crippen LogP contribution in [0.1, 0.15) is 36.6 Å². The first-order valence-corrected chi connectivity index (χ1v) is 7.10. The predicted octanol–water partition coefficient (Wildman–Crippen LogP) is 2.20. The summed E-state index contributed by atoms with van der Waals surface area (Å²) in [7, 11) is 0. The molecule has 0 bridgehead atoms. The largest absolute Gasteiger partial charge is 0.507 e. The Morgan fingerprint density at radius 3 is 2.64 bits per heavy atom. The van der Waals surface area contributed by atoms with Gasteiger partial charge in [0.2, 0.25) is 0 Å². The van der Waals surface area contributed by atoms with E-state index in [1.165, 1.54) is 0 Å². The maximum absolute atomic E-state index is 12.2. The van der Waals surface area contributed by atoms with Gasteiger partial charge in [-0.25, -0.2) is 9.59 Å². The lowest BCUT2D eigenvalue weighted by Gasteiger charge is -2.29. The molecule has 0 fully saturated rings. The zero-order valence-electron chi connectivity index (χ0n) is 13.1. The van der Waals surface area contributed by atoms with Gasteiger partial charge in [0.05, 0.1) is 18.2 Å². The SMILES string of the molecule is CCOC(=O)C1=C(C)NC(=O)NC1c1cc(C)cc(C)c1O. The van der Waals surface area contributed by atoms with Gasteiger partial charge in [0, 0.05) is 11.3 Å². The summed E-state index contributed by atoms with van der Waals surface area (Å²) in [6.45, 7) is 7.24. The molecule has 6 heteroatoms. The number of urea groups is 1. The zero-order valence-corrected chi connectivity index (χ0v) is 13.1. The Bertz CT molecular complexity index is 664. The first kappa shape index (κ1) is 15.9. The summed E-state index contributed by atoms with van der Waals surface area (Å²) in [5, 5.41) is 15.6. The van der Waals surface area contributed by atoms with E-state index in [1.807, 2.05) is 13.0 Å². The third-order valence-corrected chi connectivity index (χ3v) is 3.55. The van der Waals surface area contributed by atoms with E-state index in [9.17, 15) is 14.7 Å². The number of phenolic OH excluding ortho intramolecular Hbond substituents is 1. The average Bonchev–Trinajstić information content (AvgIpc) is 2.42. The smallest absolute Gasteiger partial charge is 0.338 e. The van der Waals surface area contributed by atoms with Crippen molar-refractivity contribution in [3.63, 3.8) is 0 Å². The maximum atomic E-state index is 12.2. The molecule has 0 saturated carbocycles. The lowest BCUT2D eigenvalue weighted by Crippen LogP contribution is -2.45. The minimum absolute atomic E-state index is 0.0624. The van der Waals surface area contributed by atoms with Gasteiger partial charge < -0.3 is 20.5 Å². The van der Waals surface area contributed by atoms with Gasteiger partial charge in [-0.2, -0.15) is 0 Å². The van der Waals surface area contributed by atoms with Crippen LogP contribution in [0.3, 0.4) is 0 Å². The molecule has 0 spiro atoms. The maximum Gasteiger partial charge on any atom is 0.338 e. The number of hydrogen-bond acceptors (Lipinski definition) is 4. The molecule has 0 radical (unpaired) electrons. The second kappa shape index (κ2) is 6.09. The molecule has 1 aliphatic rings. The highest BCUT2D eigenvalue weighted by Crippen LogP contribution is 2.35. The molecule has 1 heterocycles. The van der Waals surface area contributed by atoms with E-state index >= 15 is 0 Å². The summed E-state index contributed by atoms with van der Waals surface area (Å²) < 4.78 is 5.07. The zero-order chi connectivity index (χ0) is 16.4. The number of phenols is 1. The highest BCUT2D eigenvalue weighted by Gasteiger charge is 2.33. The molecule has 2 amide bonds. The molecule has 1 aromatic carbocycles. The van der Waals surface area contributed by atoms with Crippen LogP contribution in [0, 0.1) is 13.8 Å². The Labute approximate surface area is 129 Å². The number of esters is 1. The monoisotopic (exact) mass is 304 g/mol. The third kappa shape index (κ3) is 2.90. The number of nitrogens with one attached hydrogen (secondary N) is 2. The molecule has 0 aromatic heterocycles. The van der Waals surface area contributed by atoms with Gasteiger partial charge >= 0.3 is 12.0 Å². The van der Waals surface area contributed by atoms with Crippen molar-refractivity contribution in [3.05, 3.63) is 40.1 Å². The first-order chi connectivity index (χ1) is 10.3. The van der Waals surface area contributed by atoms with E-state index in [0.29, 0.717) is 22.4 Å². The van der Waals surface area contributed by atoms with Gasteiger partial charge in [-0.15, -0.1) is 0 Å². The van der Waals surface area contributed by atoms with Crippen LogP contribution in [0.5, 0.6) is 5.75 Å². The van der Waals surface area contributed by atoms with Crippen molar-refractivity contribution >= 4 is 12.0 Å². The van der Waals surface area contributed by atoms with Crippen LogP contribution in [0.25, 0.3) is 0 Å². The Balaban J connectivity index is 2.58. The molecule has 6 nitrogen and oxygen atoms in total. The summed E-state index contributed by atoms with van der Waals surface area (Å²) >= 11 is 0. The van der Waals surface area contributed by atoms with Gasteiger partial charge in [-0.05, 0) is 39.3 Å². The van der Waals surface area contributed by atoms with Crippen LogP contribution in [-0.4, -0.2) is 23.7 Å². The van der Waals surface area contributed by atoms with Gasteiger partial charge in [-0.1, -0.05) is 11.6 Å². The van der Waals surface area contributed by atoms with Crippen molar-refractivity contribution in [3.8, 4) is 5.75 Å². The molecule has 2 rings (SSSR count). The number of rotatable bonds is 3. The number of allylic oxidation sites excluding steroid dienone is 1. The van der Waals surface area contributed by atoms with Crippen LogP contribution in [0.4, 0.5) is 4.79 Å². The molecule has 0 saturated heterocycles. The molecular formula is C16H20N2O4. The second-order valence-electron chi connectivity index (χ2n) is 5.31. The van der Waals surface area contributed by atoms with E-state index in [-0.39, 0.29) is 12.4 Å². The molecule has 1 unspecified atom stereocenters. The Hall–Kier alpha value is -2.50. The van der Waals surface area contributed by atoms with Crippen molar-refractivity contribution in [2.75, 3.05) is 6.61 Å². The van der Waals surface area contributed by atoms with Crippen LogP contribution in [0.2, 0.25) is 0 Å². The quantitative estimate of drug-likeness (QED) is 0.747. The summed E-state index contributed by atoms with van der Waals surface area (Å²) in [6, 6.07) is 2.42. The second-order valence-corrected chi connectivity index (χ2v) is 5.31. The molecule has 3 N–H and O–H groups in total.